The fraction of sp³-hybridized carbons (Fsp3) is 0.353. The maximum Gasteiger partial charge on any atom is 0.206 e. The Labute approximate surface area is 256 Å². The Bertz CT molecular complexity index is 1670. The Kier molecular flexibility index (Phi) is 8.67. The number of rotatable bonds is 12. The molecule has 3 aromatic carbocycles. The number of ether oxygens (including phenoxy) is 2. The van der Waals surface area contributed by atoms with Gasteiger partial charge in [0.25, 0.3) is 0 Å². The number of aliphatic hydroxyl groups excluding tert-OH is 2. The lowest BCUT2D eigenvalue weighted by Gasteiger charge is -2.29. The van der Waals surface area contributed by atoms with Gasteiger partial charge in [0.05, 0.1) is 30.6 Å². The zero-order valence-corrected chi connectivity index (χ0v) is 25.0. The molecule has 10 heteroatoms. The molecule has 4 N–H and O–H groups in total. The zero-order chi connectivity index (χ0) is 30.7. The first-order valence-corrected chi connectivity index (χ1v) is 15.0. The molecule has 44 heavy (non-hydrogen) atoms. The van der Waals surface area contributed by atoms with Gasteiger partial charge in [0.1, 0.15) is 23.6 Å². The van der Waals surface area contributed by atoms with E-state index in [-0.39, 0.29) is 0 Å². The van der Waals surface area contributed by atoms with Gasteiger partial charge in [-0.25, -0.2) is 9.97 Å². The second-order valence-electron chi connectivity index (χ2n) is 11.7. The summed E-state index contributed by atoms with van der Waals surface area (Å²) in [4.78, 5) is 8.91. The Balaban J connectivity index is 1.24. The number of hydrogen-bond acceptors (Lipinski definition) is 8. The average molecular weight is 598 g/mol. The Morgan fingerprint density at radius 2 is 1.89 bits per heavy atom. The van der Waals surface area contributed by atoms with Crippen molar-refractivity contribution in [2.75, 3.05) is 18.5 Å². The van der Waals surface area contributed by atoms with E-state index in [2.05, 4.69) is 52.1 Å². The van der Waals surface area contributed by atoms with Gasteiger partial charge in [-0.3, -0.25) is 4.57 Å². The summed E-state index contributed by atoms with van der Waals surface area (Å²) >= 11 is 0. The van der Waals surface area contributed by atoms with E-state index in [4.69, 9.17) is 14.5 Å². The molecule has 1 fully saturated rings. The minimum atomic E-state index is -1.65. The van der Waals surface area contributed by atoms with E-state index < -0.39 is 30.6 Å². The van der Waals surface area contributed by atoms with Crippen LogP contribution in [-0.4, -0.2) is 65.4 Å². The van der Waals surface area contributed by atoms with Crippen LogP contribution in [0.4, 0.5) is 5.95 Å². The van der Waals surface area contributed by atoms with Crippen molar-refractivity contribution in [2.45, 2.75) is 57.4 Å². The van der Waals surface area contributed by atoms with Crippen LogP contribution in [0, 0.1) is 5.92 Å². The van der Waals surface area contributed by atoms with Crippen LogP contribution in [-0.2, 0) is 17.8 Å². The number of aryl methyl sites for hydroxylation is 1. The number of hydrogen-bond donors (Lipinski definition) is 4. The third-order valence-electron chi connectivity index (χ3n) is 8.31. The molecule has 0 saturated carbocycles. The highest BCUT2D eigenvalue weighted by atomic mass is 16.6. The van der Waals surface area contributed by atoms with E-state index in [1.165, 1.54) is 6.92 Å². The minimum Gasteiger partial charge on any atom is -0.493 e. The van der Waals surface area contributed by atoms with Crippen molar-refractivity contribution in [3.63, 3.8) is 0 Å². The number of fused-ring (bicyclic) bond motifs is 1. The summed E-state index contributed by atoms with van der Waals surface area (Å²) in [6, 6.07) is 23.9. The van der Waals surface area contributed by atoms with Crippen LogP contribution in [0.5, 0.6) is 5.75 Å². The van der Waals surface area contributed by atoms with Gasteiger partial charge in [-0.2, -0.15) is 0 Å². The number of anilines is 1. The predicted molar refractivity (Wildman–Crippen MR) is 168 cm³/mol. The van der Waals surface area contributed by atoms with Crippen molar-refractivity contribution in [3.8, 4) is 16.9 Å². The third kappa shape index (κ3) is 6.07. The molecular formula is C34H39N5O5. The van der Waals surface area contributed by atoms with Gasteiger partial charge in [0.2, 0.25) is 5.95 Å². The largest absolute Gasteiger partial charge is 0.493 e. The van der Waals surface area contributed by atoms with Crippen LogP contribution < -0.4 is 10.1 Å². The van der Waals surface area contributed by atoms with Gasteiger partial charge in [0.15, 0.2) is 6.23 Å². The fourth-order valence-electron chi connectivity index (χ4n) is 5.71. The van der Waals surface area contributed by atoms with E-state index in [1.807, 2.05) is 55.0 Å². The van der Waals surface area contributed by atoms with Crippen LogP contribution in [0.3, 0.4) is 0 Å². The quantitative estimate of drug-likeness (QED) is 0.164. The molecule has 5 atom stereocenters. The van der Waals surface area contributed by atoms with Gasteiger partial charge in [-0.1, -0.05) is 61.5 Å². The van der Waals surface area contributed by atoms with Crippen LogP contribution in [0.25, 0.3) is 22.2 Å². The van der Waals surface area contributed by atoms with E-state index >= 15 is 0 Å². The third-order valence-corrected chi connectivity index (χ3v) is 8.31. The molecule has 1 aliphatic rings. The van der Waals surface area contributed by atoms with Gasteiger partial charge >= 0.3 is 0 Å². The van der Waals surface area contributed by atoms with E-state index in [0.29, 0.717) is 30.5 Å². The van der Waals surface area contributed by atoms with E-state index in [9.17, 15) is 15.3 Å². The average Bonchev–Trinajstić information content (AvgIpc) is 3.75. The predicted octanol–water partition coefficient (Wildman–Crippen LogP) is 4.62. The van der Waals surface area contributed by atoms with Crippen LogP contribution in [0.15, 0.2) is 91.5 Å². The van der Waals surface area contributed by atoms with Gasteiger partial charge in [0, 0.05) is 31.0 Å². The molecule has 10 nitrogen and oxygen atoms in total. The first-order valence-electron chi connectivity index (χ1n) is 15.0. The topological polar surface area (TPSA) is 127 Å². The number of nitrogens with zero attached hydrogens (tertiary/aromatic N) is 4. The maximum atomic E-state index is 11.3. The molecule has 6 rings (SSSR count). The lowest BCUT2D eigenvalue weighted by atomic mass is 9.96. The standard InChI is InChI=1S/C34H39N5O5/c1-23(14-16-38-17-15-35-22-38)21-43-29-18-24(12-13-26(29)25-8-4-3-5-9-25)19-36-33-37-27-10-6-7-11-28(27)39(33)32-34(2,42)31(41)30(20-40)44-32/h3-13,15,17-18,22-23,30-32,40-42H,14,16,19-21H2,1-2H3,(H,36,37)/t23?,30-,31-,32-,34?/m1/s1. The molecule has 0 radical (unpaired) electrons. The number of aromatic nitrogens is 4. The smallest absolute Gasteiger partial charge is 0.206 e. The normalized spacial score (nSPS) is 22.3. The van der Waals surface area contributed by atoms with Crippen LogP contribution in [0.1, 0.15) is 32.1 Å². The summed E-state index contributed by atoms with van der Waals surface area (Å²) in [5.74, 6) is 1.61. The summed E-state index contributed by atoms with van der Waals surface area (Å²) in [5.41, 5.74) is 2.87. The molecular weight excluding hydrogens is 558 g/mol. The molecule has 2 aromatic heterocycles. The number of para-hydroxylation sites is 2. The summed E-state index contributed by atoms with van der Waals surface area (Å²) < 4.78 is 16.3. The van der Waals surface area contributed by atoms with Crippen LogP contribution in [0.2, 0.25) is 0 Å². The minimum absolute atomic E-state index is 0.333. The van der Waals surface area contributed by atoms with Crippen molar-refractivity contribution >= 4 is 17.0 Å². The second-order valence-corrected chi connectivity index (χ2v) is 11.7. The molecule has 3 heterocycles. The van der Waals surface area contributed by atoms with Gasteiger partial charge in [-0.05, 0) is 48.6 Å². The summed E-state index contributed by atoms with van der Waals surface area (Å²) in [6.07, 6.45) is 3.41. The lowest BCUT2D eigenvalue weighted by Crippen LogP contribution is -2.44. The monoisotopic (exact) mass is 597 g/mol. The van der Waals surface area contributed by atoms with E-state index in [0.717, 1.165) is 40.9 Å². The highest BCUT2D eigenvalue weighted by Crippen LogP contribution is 2.41. The Morgan fingerprint density at radius 3 is 2.64 bits per heavy atom. The molecule has 5 aromatic rings. The van der Waals surface area contributed by atoms with Gasteiger partial charge < -0.3 is 34.7 Å². The lowest BCUT2D eigenvalue weighted by molar-refractivity contribution is -0.0939. The Morgan fingerprint density at radius 1 is 1.09 bits per heavy atom. The fourth-order valence-corrected chi connectivity index (χ4v) is 5.71. The van der Waals surface area contributed by atoms with Crippen molar-refractivity contribution in [2.24, 2.45) is 5.92 Å². The van der Waals surface area contributed by atoms with Crippen LogP contribution >= 0.6 is 0 Å². The zero-order valence-electron chi connectivity index (χ0n) is 25.0. The first kappa shape index (κ1) is 29.8. The number of benzene rings is 3. The van der Waals surface area contributed by atoms with Crippen molar-refractivity contribution in [1.82, 2.24) is 19.1 Å². The number of nitrogens with one attached hydrogen (secondary N) is 1. The summed E-state index contributed by atoms with van der Waals surface area (Å²) in [6.45, 7) is 5.16. The molecule has 2 unspecified atom stereocenters. The highest BCUT2D eigenvalue weighted by molar-refractivity contribution is 5.79. The molecule has 0 bridgehead atoms. The molecule has 1 saturated heterocycles. The molecule has 1 aliphatic heterocycles. The number of aliphatic hydroxyl groups is 3. The maximum absolute atomic E-state index is 11.3. The summed E-state index contributed by atoms with van der Waals surface area (Å²) in [5, 5.41) is 35.1. The van der Waals surface area contributed by atoms with Crippen molar-refractivity contribution < 1.29 is 24.8 Å². The SMILES string of the molecule is CC(CCn1ccnc1)COc1cc(CNc2nc3ccccc3n2[C@@H]2O[C@H](CO)[C@@H](O)C2(C)O)ccc1-c1ccccc1. The first-order chi connectivity index (χ1) is 21.3. The number of imidazole rings is 2. The second kappa shape index (κ2) is 12.8. The molecule has 0 spiro atoms. The molecule has 0 amide bonds. The van der Waals surface area contributed by atoms with Crippen molar-refractivity contribution in [3.05, 3.63) is 97.1 Å². The van der Waals surface area contributed by atoms with Crippen molar-refractivity contribution in [1.29, 1.82) is 0 Å². The Hall–Kier alpha value is -4.22. The molecule has 0 aliphatic carbocycles. The summed E-state index contributed by atoms with van der Waals surface area (Å²) in [7, 11) is 0. The molecule has 230 valence electrons. The highest BCUT2D eigenvalue weighted by Gasteiger charge is 2.53. The van der Waals surface area contributed by atoms with Gasteiger partial charge in [-0.15, -0.1) is 0 Å². The van der Waals surface area contributed by atoms with E-state index in [1.54, 1.807) is 10.8 Å².